The number of allylic oxidation sites excluding steroid dienone is 8. The molecule has 0 aromatic rings. The van der Waals surface area contributed by atoms with Crippen molar-refractivity contribution in [2.75, 3.05) is 13.2 Å². The molecule has 0 aliphatic heterocycles. The lowest BCUT2D eigenvalue weighted by atomic mass is 10.1. The summed E-state index contributed by atoms with van der Waals surface area (Å²) in [5, 5.41) is 0. The summed E-state index contributed by atoms with van der Waals surface area (Å²) >= 11 is 0. The first kappa shape index (κ1) is 46.0. The average molecular weight is 697 g/mol. The lowest BCUT2D eigenvalue weighted by molar-refractivity contribution is -0.161. The van der Waals surface area contributed by atoms with E-state index in [0.29, 0.717) is 12.8 Å². The van der Waals surface area contributed by atoms with Crippen molar-refractivity contribution >= 4 is 19.8 Å². The second kappa shape index (κ2) is 34.9. The van der Waals surface area contributed by atoms with Gasteiger partial charge in [0, 0.05) is 12.8 Å². The number of rotatable bonds is 34. The molecule has 0 bridgehead atoms. The molecule has 0 heterocycles. The third-order valence-electron chi connectivity index (χ3n) is 7.85. The molecule has 0 radical (unpaired) electrons. The molecule has 278 valence electrons. The van der Waals surface area contributed by atoms with Gasteiger partial charge in [-0.3, -0.25) is 14.1 Å². The van der Waals surface area contributed by atoms with E-state index in [4.69, 9.17) is 19.3 Å². The Balaban J connectivity index is 4.03. The Bertz CT molecular complexity index is 921. The molecular formula is C39H69O8P. The molecule has 0 saturated carbocycles. The summed E-state index contributed by atoms with van der Waals surface area (Å²) in [6.45, 7) is 3.60. The smallest absolute Gasteiger partial charge is 0.462 e. The molecule has 48 heavy (non-hydrogen) atoms. The fourth-order valence-corrected chi connectivity index (χ4v) is 5.34. The van der Waals surface area contributed by atoms with E-state index in [0.717, 1.165) is 77.0 Å². The van der Waals surface area contributed by atoms with Crippen LogP contribution in [0, 0.1) is 0 Å². The van der Waals surface area contributed by atoms with Gasteiger partial charge in [-0.25, -0.2) is 4.57 Å². The molecule has 0 spiro atoms. The molecule has 8 nitrogen and oxygen atoms in total. The summed E-state index contributed by atoms with van der Waals surface area (Å²) in [4.78, 5) is 42.7. The van der Waals surface area contributed by atoms with Crippen LogP contribution in [0.5, 0.6) is 0 Å². The van der Waals surface area contributed by atoms with Crippen molar-refractivity contribution in [2.45, 2.75) is 174 Å². The topological polar surface area (TPSA) is 119 Å². The van der Waals surface area contributed by atoms with Crippen LogP contribution in [0.3, 0.4) is 0 Å². The van der Waals surface area contributed by atoms with Crippen LogP contribution in [0.4, 0.5) is 0 Å². The molecule has 0 aromatic carbocycles. The Morgan fingerprint density at radius 2 is 1.00 bits per heavy atom. The minimum atomic E-state index is -4.76. The number of carbonyl (C=O) groups excluding carboxylic acids is 2. The Morgan fingerprint density at radius 1 is 0.562 bits per heavy atom. The molecule has 0 rings (SSSR count). The number of phosphoric acid groups is 1. The van der Waals surface area contributed by atoms with Gasteiger partial charge in [-0.1, -0.05) is 133 Å². The zero-order valence-corrected chi connectivity index (χ0v) is 31.3. The first-order valence-electron chi connectivity index (χ1n) is 18.9. The fraction of sp³-hybridized carbons (Fsp3) is 0.744. The Morgan fingerprint density at radius 3 is 1.54 bits per heavy atom. The van der Waals surface area contributed by atoms with Crippen LogP contribution in [-0.2, 0) is 28.2 Å². The first-order valence-corrected chi connectivity index (χ1v) is 20.5. The molecule has 9 heteroatoms. The monoisotopic (exact) mass is 696 g/mol. The third-order valence-corrected chi connectivity index (χ3v) is 8.33. The van der Waals surface area contributed by atoms with Crippen LogP contribution >= 0.6 is 7.82 Å². The number of hydrogen-bond donors (Lipinski definition) is 2. The largest absolute Gasteiger partial charge is 0.469 e. The maximum atomic E-state index is 12.4. The van der Waals surface area contributed by atoms with Gasteiger partial charge in [0.25, 0.3) is 0 Å². The molecular weight excluding hydrogens is 627 g/mol. The summed E-state index contributed by atoms with van der Waals surface area (Å²) in [6, 6.07) is 0. The van der Waals surface area contributed by atoms with Crippen molar-refractivity contribution in [3.8, 4) is 0 Å². The summed E-state index contributed by atoms with van der Waals surface area (Å²) in [7, 11) is -4.76. The summed E-state index contributed by atoms with van der Waals surface area (Å²) < 4.78 is 26.3. The van der Waals surface area contributed by atoms with Crippen LogP contribution in [0.2, 0.25) is 0 Å². The maximum Gasteiger partial charge on any atom is 0.469 e. The molecule has 0 fully saturated rings. The number of carbonyl (C=O) groups is 2. The van der Waals surface area contributed by atoms with E-state index in [9.17, 15) is 14.2 Å². The molecule has 1 atom stereocenters. The second-order valence-corrected chi connectivity index (χ2v) is 13.8. The number of ether oxygens (including phenoxy) is 2. The Labute approximate surface area is 293 Å². The lowest BCUT2D eigenvalue weighted by Crippen LogP contribution is -2.29. The number of phosphoric ester groups is 1. The number of unbranched alkanes of at least 4 members (excludes halogenated alkanes) is 17. The number of esters is 2. The molecule has 0 unspecified atom stereocenters. The van der Waals surface area contributed by atoms with Crippen molar-refractivity contribution < 1.29 is 37.9 Å². The molecule has 0 amide bonds. The maximum absolute atomic E-state index is 12.4. The van der Waals surface area contributed by atoms with E-state index in [1.54, 1.807) is 0 Å². The first-order chi connectivity index (χ1) is 23.3. The standard InChI is InChI=1S/C39H69O8P/c1-3-5-7-9-11-13-15-17-19-21-23-25-27-29-31-33-38(40)45-35-37(36-46-48(42,43)44)47-39(41)34-32-30-28-26-24-22-20-18-16-14-12-10-8-6-4-2/h11,13-14,16-20,37H,3-10,12,15,21-36H2,1-2H3,(H2,42,43,44)/b13-11+,16-14+,19-17+,20-18+/t37-/m1/s1. The van der Waals surface area contributed by atoms with E-state index in [1.165, 1.54) is 51.4 Å². The highest BCUT2D eigenvalue weighted by molar-refractivity contribution is 7.46. The van der Waals surface area contributed by atoms with Gasteiger partial charge in [-0.2, -0.15) is 0 Å². The molecule has 2 N–H and O–H groups in total. The van der Waals surface area contributed by atoms with Gasteiger partial charge in [-0.05, 0) is 70.6 Å². The molecule has 0 aromatic heterocycles. The van der Waals surface area contributed by atoms with E-state index < -0.39 is 32.5 Å². The summed E-state index contributed by atoms with van der Waals surface area (Å²) in [6.07, 6.45) is 41.1. The Hall–Kier alpha value is -1.99. The number of hydrogen-bond acceptors (Lipinski definition) is 6. The minimum absolute atomic E-state index is 0.190. The van der Waals surface area contributed by atoms with E-state index in [2.05, 4.69) is 67.0 Å². The van der Waals surface area contributed by atoms with Crippen molar-refractivity contribution in [1.82, 2.24) is 0 Å². The van der Waals surface area contributed by atoms with Gasteiger partial charge in [0.2, 0.25) is 0 Å². The van der Waals surface area contributed by atoms with Crippen LogP contribution in [0.25, 0.3) is 0 Å². The van der Waals surface area contributed by atoms with Crippen LogP contribution in [-0.4, -0.2) is 41.0 Å². The highest BCUT2D eigenvalue weighted by atomic mass is 31.2. The Kier molecular flexibility index (Phi) is 33.4. The van der Waals surface area contributed by atoms with E-state index in [1.807, 2.05) is 0 Å². The van der Waals surface area contributed by atoms with Crippen LogP contribution < -0.4 is 0 Å². The van der Waals surface area contributed by atoms with Crippen LogP contribution in [0.1, 0.15) is 168 Å². The van der Waals surface area contributed by atoms with Gasteiger partial charge in [-0.15, -0.1) is 0 Å². The predicted molar refractivity (Wildman–Crippen MR) is 198 cm³/mol. The van der Waals surface area contributed by atoms with Gasteiger partial charge < -0.3 is 19.3 Å². The zero-order chi connectivity index (χ0) is 35.4. The molecule has 0 aliphatic carbocycles. The van der Waals surface area contributed by atoms with E-state index in [-0.39, 0.29) is 19.4 Å². The fourth-order valence-electron chi connectivity index (χ4n) is 4.98. The molecule has 0 saturated heterocycles. The van der Waals surface area contributed by atoms with Gasteiger partial charge in [0.15, 0.2) is 6.10 Å². The normalized spacial score (nSPS) is 13.0. The van der Waals surface area contributed by atoms with Crippen molar-refractivity contribution in [1.29, 1.82) is 0 Å². The minimum Gasteiger partial charge on any atom is -0.462 e. The van der Waals surface area contributed by atoms with Crippen molar-refractivity contribution in [2.24, 2.45) is 0 Å². The lowest BCUT2D eigenvalue weighted by Gasteiger charge is -2.18. The van der Waals surface area contributed by atoms with Crippen molar-refractivity contribution in [3.63, 3.8) is 0 Å². The SMILES string of the molecule is CCCCC/C=C/C/C=C/CCCCCCCC(=O)OC[C@H](COP(=O)(O)O)OC(=O)CCCCCCC/C=C/C=C/CCCCCC. The van der Waals surface area contributed by atoms with Crippen LogP contribution in [0.15, 0.2) is 48.6 Å². The predicted octanol–water partition coefficient (Wildman–Crippen LogP) is 11.2. The van der Waals surface area contributed by atoms with Gasteiger partial charge in [0.05, 0.1) is 6.61 Å². The van der Waals surface area contributed by atoms with Crippen molar-refractivity contribution in [3.05, 3.63) is 48.6 Å². The molecule has 0 aliphatic rings. The van der Waals surface area contributed by atoms with Gasteiger partial charge in [0.1, 0.15) is 6.61 Å². The van der Waals surface area contributed by atoms with Gasteiger partial charge >= 0.3 is 19.8 Å². The van der Waals surface area contributed by atoms with E-state index >= 15 is 0 Å². The summed E-state index contributed by atoms with van der Waals surface area (Å²) in [5.41, 5.74) is 0. The average Bonchev–Trinajstić information content (AvgIpc) is 3.05. The zero-order valence-electron chi connectivity index (χ0n) is 30.4. The highest BCUT2D eigenvalue weighted by Crippen LogP contribution is 2.36. The third kappa shape index (κ3) is 36.8. The highest BCUT2D eigenvalue weighted by Gasteiger charge is 2.22. The quantitative estimate of drug-likeness (QED) is 0.0224. The summed E-state index contributed by atoms with van der Waals surface area (Å²) in [5.74, 6) is -0.922. The second-order valence-electron chi connectivity index (χ2n) is 12.6.